The Kier molecular flexibility index (Phi) is 7.89. The SMILES string of the molecule is C=Cc1ccc(C[N+](CCCC)(CCCC)CC(=O)O)cc1. The van der Waals surface area contributed by atoms with Gasteiger partial charge in [-0.2, -0.15) is 0 Å². The van der Waals surface area contributed by atoms with Gasteiger partial charge < -0.3 is 9.59 Å². The normalized spacial score (nSPS) is 11.4. The molecule has 0 radical (unpaired) electrons. The molecule has 0 aliphatic carbocycles. The Morgan fingerprint density at radius 2 is 1.68 bits per heavy atom. The van der Waals surface area contributed by atoms with Gasteiger partial charge in [0.15, 0.2) is 6.54 Å². The van der Waals surface area contributed by atoms with Crippen molar-refractivity contribution in [1.29, 1.82) is 0 Å². The Morgan fingerprint density at radius 1 is 1.14 bits per heavy atom. The number of nitrogens with zero attached hydrogens (tertiary/aromatic N) is 1. The van der Waals surface area contributed by atoms with Gasteiger partial charge in [0.05, 0.1) is 13.1 Å². The summed E-state index contributed by atoms with van der Waals surface area (Å²) in [5.41, 5.74) is 2.31. The molecule has 0 bridgehead atoms. The van der Waals surface area contributed by atoms with Crippen LogP contribution >= 0.6 is 0 Å². The third-order valence-corrected chi connectivity index (χ3v) is 4.18. The van der Waals surface area contributed by atoms with E-state index < -0.39 is 5.97 Å². The Hall–Kier alpha value is -1.61. The molecule has 3 heteroatoms. The molecule has 0 unspecified atom stereocenters. The van der Waals surface area contributed by atoms with Gasteiger partial charge in [-0.1, -0.05) is 63.6 Å². The van der Waals surface area contributed by atoms with Gasteiger partial charge >= 0.3 is 5.97 Å². The average molecular weight is 304 g/mol. The van der Waals surface area contributed by atoms with Gasteiger partial charge in [0.25, 0.3) is 0 Å². The zero-order chi connectivity index (χ0) is 16.4. The highest BCUT2D eigenvalue weighted by Crippen LogP contribution is 2.19. The maximum atomic E-state index is 11.4. The lowest BCUT2D eigenvalue weighted by Crippen LogP contribution is -2.51. The van der Waals surface area contributed by atoms with Crippen molar-refractivity contribution in [3.63, 3.8) is 0 Å². The number of unbranched alkanes of at least 4 members (excludes halogenated alkanes) is 2. The van der Waals surface area contributed by atoms with Crippen molar-refractivity contribution in [1.82, 2.24) is 0 Å². The minimum Gasteiger partial charge on any atom is -0.477 e. The largest absolute Gasteiger partial charge is 0.477 e. The van der Waals surface area contributed by atoms with Crippen LogP contribution in [0, 0.1) is 0 Å². The fraction of sp³-hybridized carbons (Fsp3) is 0.526. The van der Waals surface area contributed by atoms with Crippen LogP contribution in [0.15, 0.2) is 30.8 Å². The van der Waals surface area contributed by atoms with E-state index in [2.05, 4.69) is 44.7 Å². The Labute approximate surface area is 134 Å². The van der Waals surface area contributed by atoms with E-state index in [9.17, 15) is 9.90 Å². The van der Waals surface area contributed by atoms with Crippen LogP contribution in [-0.4, -0.2) is 35.2 Å². The maximum absolute atomic E-state index is 11.4. The van der Waals surface area contributed by atoms with E-state index in [1.807, 2.05) is 6.08 Å². The average Bonchev–Trinajstić information content (AvgIpc) is 2.51. The molecule has 0 fully saturated rings. The third-order valence-electron chi connectivity index (χ3n) is 4.18. The molecule has 1 rings (SSSR count). The van der Waals surface area contributed by atoms with Crippen LogP contribution < -0.4 is 0 Å². The summed E-state index contributed by atoms with van der Waals surface area (Å²) >= 11 is 0. The molecular weight excluding hydrogens is 274 g/mol. The van der Waals surface area contributed by atoms with E-state index in [0.717, 1.165) is 50.9 Å². The number of aliphatic carboxylic acids is 1. The van der Waals surface area contributed by atoms with Crippen LogP contribution in [0.1, 0.15) is 50.7 Å². The summed E-state index contributed by atoms with van der Waals surface area (Å²) in [4.78, 5) is 11.4. The van der Waals surface area contributed by atoms with E-state index >= 15 is 0 Å². The molecule has 0 aromatic heterocycles. The van der Waals surface area contributed by atoms with Crippen molar-refractivity contribution in [2.75, 3.05) is 19.6 Å². The Balaban J connectivity index is 2.96. The molecule has 1 N–H and O–H groups in total. The lowest BCUT2D eigenvalue weighted by molar-refractivity contribution is -0.934. The van der Waals surface area contributed by atoms with Gasteiger partial charge in [-0.25, -0.2) is 4.79 Å². The van der Waals surface area contributed by atoms with Crippen LogP contribution in [0.4, 0.5) is 0 Å². The predicted molar refractivity (Wildman–Crippen MR) is 92.6 cm³/mol. The molecule has 0 spiro atoms. The number of benzene rings is 1. The molecule has 22 heavy (non-hydrogen) atoms. The second-order valence-corrected chi connectivity index (χ2v) is 6.15. The topological polar surface area (TPSA) is 37.3 Å². The summed E-state index contributed by atoms with van der Waals surface area (Å²) in [6.07, 6.45) is 6.17. The van der Waals surface area contributed by atoms with Crippen LogP contribution in [0.25, 0.3) is 6.08 Å². The molecule has 0 heterocycles. The summed E-state index contributed by atoms with van der Waals surface area (Å²) in [6.45, 7) is 11.0. The number of rotatable bonds is 11. The first kappa shape index (κ1) is 18.4. The molecule has 0 atom stereocenters. The lowest BCUT2D eigenvalue weighted by Gasteiger charge is -2.37. The van der Waals surface area contributed by atoms with Crippen molar-refractivity contribution in [3.8, 4) is 0 Å². The standard InChI is InChI=1S/C19H29NO2/c1-4-7-13-20(14-8-5-2,16-19(21)22)15-18-11-9-17(6-3)10-12-18/h6,9-12H,3-5,7-8,13-16H2,1-2H3/p+1. The molecule has 0 aliphatic heterocycles. The number of carboxylic acids is 1. The van der Waals surface area contributed by atoms with E-state index in [-0.39, 0.29) is 6.54 Å². The molecule has 0 aliphatic rings. The van der Waals surface area contributed by atoms with Crippen molar-refractivity contribution in [2.45, 2.75) is 46.1 Å². The van der Waals surface area contributed by atoms with Crippen molar-refractivity contribution < 1.29 is 14.4 Å². The molecule has 0 amide bonds. The van der Waals surface area contributed by atoms with E-state index in [0.29, 0.717) is 4.48 Å². The van der Waals surface area contributed by atoms with Crippen LogP contribution in [0.3, 0.4) is 0 Å². The zero-order valence-electron chi connectivity index (χ0n) is 14.1. The van der Waals surface area contributed by atoms with E-state index in [1.54, 1.807) is 0 Å². The van der Waals surface area contributed by atoms with E-state index in [1.165, 1.54) is 5.56 Å². The first-order valence-corrected chi connectivity index (χ1v) is 8.33. The van der Waals surface area contributed by atoms with Gasteiger partial charge in [-0.15, -0.1) is 0 Å². The summed E-state index contributed by atoms with van der Waals surface area (Å²) in [7, 11) is 0. The van der Waals surface area contributed by atoms with Crippen LogP contribution in [-0.2, 0) is 11.3 Å². The highest BCUT2D eigenvalue weighted by Gasteiger charge is 2.29. The first-order valence-electron chi connectivity index (χ1n) is 8.33. The van der Waals surface area contributed by atoms with Gasteiger partial charge in [-0.05, 0) is 18.4 Å². The maximum Gasteiger partial charge on any atom is 0.359 e. The summed E-state index contributed by atoms with van der Waals surface area (Å²) in [5, 5.41) is 9.38. The second-order valence-electron chi connectivity index (χ2n) is 6.15. The zero-order valence-corrected chi connectivity index (χ0v) is 14.1. The number of quaternary nitrogens is 1. The highest BCUT2D eigenvalue weighted by molar-refractivity contribution is 5.68. The minimum absolute atomic E-state index is 0.212. The Morgan fingerprint density at radius 3 is 2.09 bits per heavy atom. The summed E-state index contributed by atoms with van der Waals surface area (Å²) < 4.78 is 0.657. The predicted octanol–water partition coefficient (Wildman–Crippen LogP) is 4.33. The smallest absolute Gasteiger partial charge is 0.359 e. The molecule has 1 aromatic carbocycles. The fourth-order valence-corrected chi connectivity index (χ4v) is 2.90. The molecule has 0 saturated carbocycles. The van der Waals surface area contributed by atoms with Crippen LogP contribution in [0.2, 0.25) is 0 Å². The highest BCUT2D eigenvalue weighted by atomic mass is 16.4. The van der Waals surface area contributed by atoms with Crippen molar-refractivity contribution >= 4 is 12.0 Å². The molecule has 0 saturated heterocycles. The molecule has 1 aromatic rings. The van der Waals surface area contributed by atoms with Crippen molar-refractivity contribution in [2.24, 2.45) is 0 Å². The number of hydrogen-bond acceptors (Lipinski definition) is 1. The number of carbonyl (C=O) groups is 1. The number of carboxylic acid groups (broad SMARTS) is 1. The van der Waals surface area contributed by atoms with Crippen molar-refractivity contribution in [3.05, 3.63) is 42.0 Å². The van der Waals surface area contributed by atoms with Gasteiger partial charge in [0.1, 0.15) is 6.54 Å². The molecular formula is C19H30NO2+. The van der Waals surface area contributed by atoms with Gasteiger partial charge in [-0.3, -0.25) is 0 Å². The first-order chi connectivity index (χ1) is 10.5. The summed E-state index contributed by atoms with van der Waals surface area (Å²) in [5.74, 6) is -0.699. The van der Waals surface area contributed by atoms with Gasteiger partial charge in [0, 0.05) is 5.56 Å². The Bertz CT molecular complexity index is 457. The van der Waals surface area contributed by atoms with E-state index in [4.69, 9.17) is 0 Å². The quantitative estimate of drug-likeness (QED) is 0.618. The number of hydrogen-bond donors (Lipinski definition) is 1. The fourth-order valence-electron chi connectivity index (χ4n) is 2.90. The second kappa shape index (κ2) is 9.42. The van der Waals surface area contributed by atoms with Gasteiger partial charge in [0.2, 0.25) is 0 Å². The summed E-state index contributed by atoms with van der Waals surface area (Å²) in [6, 6.07) is 8.31. The monoisotopic (exact) mass is 304 g/mol. The third kappa shape index (κ3) is 6.02. The lowest BCUT2D eigenvalue weighted by atomic mass is 10.1. The molecule has 3 nitrogen and oxygen atoms in total. The minimum atomic E-state index is -0.699. The van der Waals surface area contributed by atoms with Crippen LogP contribution in [0.5, 0.6) is 0 Å². The molecule has 122 valence electrons.